The maximum Gasteiger partial charge on any atom is 0.203 e. The van der Waals surface area contributed by atoms with Crippen molar-refractivity contribution in [1.82, 2.24) is 0 Å². The van der Waals surface area contributed by atoms with Crippen LogP contribution in [0.1, 0.15) is 5.56 Å². The van der Waals surface area contributed by atoms with Gasteiger partial charge in [-0.3, -0.25) is 0 Å². The third kappa shape index (κ3) is 3.81. The van der Waals surface area contributed by atoms with E-state index in [1.54, 1.807) is 21.3 Å². The Morgan fingerprint density at radius 2 is 1.48 bits per heavy atom. The van der Waals surface area contributed by atoms with Crippen molar-refractivity contribution in [3.63, 3.8) is 0 Å². The predicted octanol–water partition coefficient (Wildman–Crippen LogP) is 3.37. The lowest BCUT2D eigenvalue weighted by molar-refractivity contribution is 0.324. The summed E-state index contributed by atoms with van der Waals surface area (Å²) in [6.07, 6.45) is 0.956. The van der Waals surface area contributed by atoms with Gasteiger partial charge in [0.2, 0.25) is 5.75 Å². The number of anilines is 1. The Balaban J connectivity index is 2.06. The maximum absolute atomic E-state index is 5.34. The SMILES string of the molecule is COc1cc(NCCc2ccccc2)cc(OC)c1OC. The van der Waals surface area contributed by atoms with E-state index in [0.717, 1.165) is 18.7 Å². The molecule has 0 saturated heterocycles. The minimum absolute atomic E-state index is 0.605. The molecule has 0 aliphatic heterocycles. The second kappa shape index (κ2) is 7.43. The summed E-state index contributed by atoms with van der Waals surface area (Å²) in [5.74, 6) is 1.91. The number of benzene rings is 2. The first kappa shape index (κ1) is 15.0. The van der Waals surface area contributed by atoms with Gasteiger partial charge in [0.05, 0.1) is 21.3 Å². The van der Waals surface area contributed by atoms with Crippen molar-refractivity contribution in [3.05, 3.63) is 48.0 Å². The van der Waals surface area contributed by atoms with E-state index in [2.05, 4.69) is 29.6 Å². The highest BCUT2D eigenvalue weighted by Crippen LogP contribution is 2.39. The molecule has 0 amide bonds. The van der Waals surface area contributed by atoms with E-state index in [9.17, 15) is 0 Å². The van der Waals surface area contributed by atoms with Gasteiger partial charge in [-0.15, -0.1) is 0 Å². The molecule has 2 aromatic rings. The van der Waals surface area contributed by atoms with Gasteiger partial charge in [-0.1, -0.05) is 30.3 Å². The van der Waals surface area contributed by atoms with Crippen LogP contribution in [0.4, 0.5) is 5.69 Å². The standard InChI is InChI=1S/C17H21NO3/c1-19-15-11-14(12-16(20-2)17(15)21-3)18-10-9-13-7-5-4-6-8-13/h4-8,11-12,18H,9-10H2,1-3H3. The van der Waals surface area contributed by atoms with Crippen LogP contribution in [0.15, 0.2) is 42.5 Å². The lowest BCUT2D eigenvalue weighted by Gasteiger charge is -2.15. The molecule has 4 heteroatoms. The van der Waals surface area contributed by atoms with Crippen molar-refractivity contribution in [3.8, 4) is 17.2 Å². The molecule has 0 fully saturated rings. The molecule has 0 aliphatic rings. The Morgan fingerprint density at radius 3 is 2.00 bits per heavy atom. The number of rotatable bonds is 7. The van der Waals surface area contributed by atoms with Gasteiger partial charge >= 0.3 is 0 Å². The van der Waals surface area contributed by atoms with Gasteiger partial charge in [-0.2, -0.15) is 0 Å². The highest BCUT2D eigenvalue weighted by molar-refractivity contribution is 5.62. The Hall–Kier alpha value is -2.36. The van der Waals surface area contributed by atoms with Gasteiger partial charge in [-0.05, 0) is 12.0 Å². The highest BCUT2D eigenvalue weighted by atomic mass is 16.5. The first-order valence-corrected chi connectivity index (χ1v) is 6.86. The first-order chi connectivity index (χ1) is 10.3. The molecule has 21 heavy (non-hydrogen) atoms. The normalized spacial score (nSPS) is 10.0. The van der Waals surface area contributed by atoms with E-state index in [4.69, 9.17) is 14.2 Å². The maximum atomic E-state index is 5.34. The summed E-state index contributed by atoms with van der Waals surface area (Å²) in [4.78, 5) is 0. The monoisotopic (exact) mass is 287 g/mol. The fraction of sp³-hybridized carbons (Fsp3) is 0.294. The fourth-order valence-electron chi connectivity index (χ4n) is 2.18. The van der Waals surface area contributed by atoms with Crippen LogP contribution in [0, 0.1) is 0 Å². The van der Waals surface area contributed by atoms with Gasteiger partial charge in [-0.25, -0.2) is 0 Å². The summed E-state index contributed by atoms with van der Waals surface area (Å²) >= 11 is 0. The summed E-state index contributed by atoms with van der Waals surface area (Å²) in [5, 5.41) is 3.38. The zero-order valence-electron chi connectivity index (χ0n) is 12.7. The molecular weight excluding hydrogens is 266 g/mol. The fourth-order valence-corrected chi connectivity index (χ4v) is 2.18. The van der Waals surface area contributed by atoms with E-state index in [1.807, 2.05) is 18.2 Å². The molecule has 0 bridgehead atoms. The number of ether oxygens (including phenoxy) is 3. The Labute approximate surface area is 125 Å². The van der Waals surface area contributed by atoms with E-state index < -0.39 is 0 Å². The Kier molecular flexibility index (Phi) is 5.32. The molecule has 0 atom stereocenters. The van der Waals surface area contributed by atoms with Crippen LogP contribution < -0.4 is 19.5 Å². The third-order valence-electron chi connectivity index (χ3n) is 3.25. The van der Waals surface area contributed by atoms with Crippen LogP contribution >= 0.6 is 0 Å². The van der Waals surface area contributed by atoms with Crippen LogP contribution in [0.3, 0.4) is 0 Å². The van der Waals surface area contributed by atoms with E-state index >= 15 is 0 Å². The number of methoxy groups -OCH3 is 3. The van der Waals surface area contributed by atoms with Gasteiger partial charge < -0.3 is 19.5 Å². The smallest absolute Gasteiger partial charge is 0.203 e. The molecule has 0 aliphatic carbocycles. The van der Waals surface area contributed by atoms with Gasteiger partial charge in [0.15, 0.2) is 11.5 Å². The summed E-state index contributed by atoms with van der Waals surface area (Å²) in [7, 11) is 4.83. The molecule has 0 unspecified atom stereocenters. The molecule has 112 valence electrons. The van der Waals surface area contributed by atoms with Crippen molar-refractivity contribution >= 4 is 5.69 Å². The minimum atomic E-state index is 0.605. The minimum Gasteiger partial charge on any atom is -0.493 e. The topological polar surface area (TPSA) is 39.7 Å². The predicted molar refractivity (Wildman–Crippen MR) is 84.7 cm³/mol. The summed E-state index contributed by atoms with van der Waals surface area (Å²) in [6, 6.07) is 14.2. The second-order valence-corrected chi connectivity index (χ2v) is 4.58. The van der Waals surface area contributed by atoms with Gasteiger partial charge in [0, 0.05) is 24.4 Å². The van der Waals surface area contributed by atoms with Crippen LogP contribution in [0.5, 0.6) is 17.2 Å². The van der Waals surface area contributed by atoms with E-state index in [-0.39, 0.29) is 0 Å². The lowest BCUT2D eigenvalue weighted by Crippen LogP contribution is -2.05. The number of nitrogens with one attached hydrogen (secondary N) is 1. The van der Waals surface area contributed by atoms with Crippen molar-refractivity contribution < 1.29 is 14.2 Å². The molecule has 4 nitrogen and oxygen atoms in total. The molecule has 0 spiro atoms. The van der Waals surface area contributed by atoms with Crippen LogP contribution in [-0.4, -0.2) is 27.9 Å². The van der Waals surface area contributed by atoms with Crippen molar-refractivity contribution in [1.29, 1.82) is 0 Å². The van der Waals surface area contributed by atoms with E-state index in [1.165, 1.54) is 5.56 Å². The molecule has 0 saturated carbocycles. The lowest BCUT2D eigenvalue weighted by atomic mass is 10.1. The Morgan fingerprint density at radius 1 is 0.857 bits per heavy atom. The van der Waals surface area contributed by atoms with Crippen molar-refractivity contribution in [2.24, 2.45) is 0 Å². The summed E-state index contributed by atoms with van der Waals surface area (Å²) < 4.78 is 16.0. The molecule has 2 rings (SSSR count). The summed E-state index contributed by atoms with van der Waals surface area (Å²) in [5.41, 5.74) is 2.25. The average Bonchev–Trinajstić information content (AvgIpc) is 2.54. The molecule has 0 heterocycles. The van der Waals surface area contributed by atoms with Crippen LogP contribution in [0.25, 0.3) is 0 Å². The van der Waals surface area contributed by atoms with Gasteiger partial charge in [0.25, 0.3) is 0 Å². The number of hydrogen-bond acceptors (Lipinski definition) is 4. The molecular formula is C17H21NO3. The van der Waals surface area contributed by atoms with Crippen LogP contribution in [0.2, 0.25) is 0 Å². The first-order valence-electron chi connectivity index (χ1n) is 6.86. The second-order valence-electron chi connectivity index (χ2n) is 4.58. The average molecular weight is 287 g/mol. The van der Waals surface area contributed by atoms with E-state index in [0.29, 0.717) is 17.2 Å². The third-order valence-corrected chi connectivity index (χ3v) is 3.25. The molecule has 0 radical (unpaired) electrons. The Bertz CT molecular complexity index is 544. The summed E-state index contributed by atoms with van der Waals surface area (Å²) in [6.45, 7) is 0.836. The molecule has 0 aromatic heterocycles. The zero-order chi connectivity index (χ0) is 15.1. The largest absolute Gasteiger partial charge is 0.493 e. The van der Waals surface area contributed by atoms with Crippen molar-refractivity contribution in [2.75, 3.05) is 33.2 Å². The van der Waals surface area contributed by atoms with Gasteiger partial charge in [0.1, 0.15) is 0 Å². The number of hydrogen-bond donors (Lipinski definition) is 1. The highest BCUT2D eigenvalue weighted by Gasteiger charge is 2.12. The molecule has 2 aromatic carbocycles. The zero-order valence-corrected chi connectivity index (χ0v) is 12.7. The molecule has 1 N–H and O–H groups in total. The van der Waals surface area contributed by atoms with Crippen molar-refractivity contribution in [2.45, 2.75) is 6.42 Å². The quantitative estimate of drug-likeness (QED) is 0.847. The van der Waals surface area contributed by atoms with Crippen LogP contribution in [-0.2, 0) is 6.42 Å².